The third-order valence-corrected chi connectivity index (χ3v) is 6.81. The minimum atomic E-state index is -3.47. The molecule has 5 nitrogen and oxygen atoms in total. The van der Waals surface area contributed by atoms with Crippen LogP contribution in [-0.4, -0.2) is 37.8 Å². The lowest BCUT2D eigenvalue weighted by atomic mass is 9.97. The third-order valence-electron chi connectivity index (χ3n) is 4.76. The molecule has 1 N–H and O–H groups in total. The highest BCUT2D eigenvalue weighted by atomic mass is 35.5. The number of hydrogen-bond acceptors (Lipinski definition) is 3. The summed E-state index contributed by atoms with van der Waals surface area (Å²) in [7, 11) is -3.47. The lowest BCUT2D eigenvalue weighted by Gasteiger charge is -2.32. The van der Waals surface area contributed by atoms with E-state index in [9.17, 15) is 13.2 Å². The Hall–Kier alpha value is -1.11. The first-order valence-electron chi connectivity index (χ1n) is 8.71. The van der Waals surface area contributed by atoms with Crippen LogP contribution in [0.1, 0.15) is 39.2 Å². The predicted molar refractivity (Wildman–Crippen MR) is 101 cm³/mol. The van der Waals surface area contributed by atoms with Crippen LogP contribution in [0.15, 0.2) is 24.3 Å². The van der Waals surface area contributed by atoms with Gasteiger partial charge < -0.3 is 5.32 Å². The van der Waals surface area contributed by atoms with E-state index in [2.05, 4.69) is 5.32 Å². The molecule has 25 heavy (non-hydrogen) atoms. The van der Waals surface area contributed by atoms with Crippen molar-refractivity contribution in [3.05, 3.63) is 34.9 Å². The molecule has 2 atom stereocenters. The van der Waals surface area contributed by atoms with Gasteiger partial charge in [0.25, 0.3) is 0 Å². The Labute approximate surface area is 155 Å². The van der Waals surface area contributed by atoms with Crippen LogP contribution in [0, 0.1) is 11.8 Å². The highest BCUT2D eigenvalue weighted by Gasteiger charge is 2.32. The fourth-order valence-corrected chi connectivity index (χ4v) is 4.66. The number of halogens is 1. The van der Waals surface area contributed by atoms with Crippen LogP contribution in [0.4, 0.5) is 0 Å². The molecule has 1 aliphatic heterocycles. The summed E-state index contributed by atoms with van der Waals surface area (Å²) in [5, 5.41) is 3.52. The van der Waals surface area contributed by atoms with Gasteiger partial charge in [-0.2, -0.15) is 0 Å². The molecule has 2 unspecified atom stereocenters. The maximum atomic E-state index is 12.7. The number of sulfonamides is 1. The summed E-state index contributed by atoms with van der Waals surface area (Å²) in [6.07, 6.45) is 1.42. The normalized spacial score (nSPS) is 20.4. The first kappa shape index (κ1) is 20.2. The van der Waals surface area contributed by atoms with Crippen LogP contribution >= 0.6 is 11.6 Å². The molecule has 1 aromatic carbocycles. The first-order valence-corrected chi connectivity index (χ1v) is 10.7. The summed E-state index contributed by atoms with van der Waals surface area (Å²) in [4.78, 5) is 12.4. The molecule has 0 aliphatic carbocycles. The average Bonchev–Trinajstić information content (AvgIpc) is 2.54. The minimum Gasteiger partial charge on any atom is -0.353 e. The molecule has 0 aromatic heterocycles. The number of piperidine rings is 1. The van der Waals surface area contributed by atoms with E-state index < -0.39 is 10.0 Å². The maximum absolute atomic E-state index is 12.7. The largest absolute Gasteiger partial charge is 0.353 e. The summed E-state index contributed by atoms with van der Waals surface area (Å²) < 4.78 is 26.9. The topological polar surface area (TPSA) is 66.5 Å². The standard InChI is InChI=1S/C18H27ClN2O3S/c1-13(2)14(3)20-18(22)16-7-5-9-21(11-16)25(23,24)12-15-6-4-8-17(19)10-15/h4,6,8,10,13-14,16H,5,7,9,11-12H2,1-3H3,(H,20,22). The fraction of sp³-hybridized carbons (Fsp3) is 0.611. The number of nitrogens with zero attached hydrogens (tertiary/aromatic N) is 1. The van der Waals surface area contributed by atoms with E-state index in [1.807, 2.05) is 20.8 Å². The summed E-state index contributed by atoms with van der Waals surface area (Å²) >= 11 is 5.94. The van der Waals surface area contributed by atoms with Gasteiger partial charge in [0.1, 0.15) is 0 Å². The average molecular weight is 387 g/mol. The van der Waals surface area contributed by atoms with Crippen LogP contribution < -0.4 is 5.32 Å². The summed E-state index contributed by atoms with van der Waals surface area (Å²) in [6.45, 7) is 6.78. The summed E-state index contributed by atoms with van der Waals surface area (Å²) in [6, 6.07) is 6.95. The second-order valence-corrected chi connectivity index (χ2v) is 9.53. The van der Waals surface area contributed by atoms with Crippen LogP contribution in [0.3, 0.4) is 0 Å². The van der Waals surface area contributed by atoms with Gasteiger partial charge in [0.05, 0.1) is 11.7 Å². The van der Waals surface area contributed by atoms with Gasteiger partial charge in [-0.05, 0) is 43.4 Å². The molecule has 1 aliphatic rings. The van der Waals surface area contributed by atoms with Crippen molar-refractivity contribution in [1.29, 1.82) is 0 Å². The van der Waals surface area contributed by atoms with E-state index >= 15 is 0 Å². The van der Waals surface area contributed by atoms with Gasteiger partial charge in [-0.15, -0.1) is 0 Å². The minimum absolute atomic E-state index is 0.0520. The van der Waals surface area contributed by atoms with E-state index in [1.54, 1.807) is 24.3 Å². The summed E-state index contributed by atoms with van der Waals surface area (Å²) in [5.74, 6) is -0.0900. The highest BCUT2D eigenvalue weighted by molar-refractivity contribution is 7.88. The van der Waals surface area contributed by atoms with E-state index in [4.69, 9.17) is 11.6 Å². The number of nitrogens with one attached hydrogen (secondary N) is 1. The van der Waals surface area contributed by atoms with Gasteiger partial charge >= 0.3 is 0 Å². The summed E-state index contributed by atoms with van der Waals surface area (Å²) in [5.41, 5.74) is 0.660. The molecular weight excluding hydrogens is 360 g/mol. The SMILES string of the molecule is CC(C)C(C)NC(=O)C1CCCN(S(=O)(=O)Cc2cccc(Cl)c2)C1. The molecule has 0 saturated carbocycles. The molecule has 1 saturated heterocycles. The quantitative estimate of drug-likeness (QED) is 0.817. The first-order chi connectivity index (χ1) is 11.7. The van der Waals surface area contributed by atoms with Crippen molar-refractivity contribution >= 4 is 27.5 Å². The maximum Gasteiger partial charge on any atom is 0.224 e. The van der Waals surface area contributed by atoms with Gasteiger partial charge in [-0.25, -0.2) is 12.7 Å². The van der Waals surface area contributed by atoms with Crippen molar-refractivity contribution in [3.8, 4) is 0 Å². The Morgan fingerprint density at radius 2 is 2.08 bits per heavy atom. The van der Waals surface area contributed by atoms with Crippen molar-refractivity contribution in [3.63, 3.8) is 0 Å². The Kier molecular flexibility index (Phi) is 6.88. The van der Waals surface area contributed by atoms with E-state index in [0.29, 0.717) is 29.5 Å². The van der Waals surface area contributed by atoms with Gasteiger partial charge in [-0.1, -0.05) is 37.6 Å². The lowest BCUT2D eigenvalue weighted by Crippen LogP contribution is -2.48. The van der Waals surface area contributed by atoms with Gasteiger partial charge in [-0.3, -0.25) is 4.79 Å². The van der Waals surface area contributed by atoms with Crippen LogP contribution in [0.5, 0.6) is 0 Å². The molecule has 0 spiro atoms. The Bertz CT molecular complexity index is 706. The molecule has 1 amide bonds. The zero-order valence-corrected chi connectivity index (χ0v) is 16.6. The highest BCUT2D eigenvalue weighted by Crippen LogP contribution is 2.23. The van der Waals surface area contributed by atoms with Gasteiger partial charge in [0.15, 0.2) is 0 Å². The van der Waals surface area contributed by atoms with Crippen molar-refractivity contribution < 1.29 is 13.2 Å². The number of rotatable bonds is 6. The fourth-order valence-electron chi connectivity index (χ4n) is 2.85. The molecule has 2 rings (SSSR count). The van der Waals surface area contributed by atoms with Gasteiger partial charge in [0.2, 0.25) is 15.9 Å². The molecule has 0 bridgehead atoms. The Morgan fingerprint density at radius 1 is 1.36 bits per heavy atom. The molecule has 7 heteroatoms. The monoisotopic (exact) mass is 386 g/mol. The zero-order chi connectivity index (χ0) is 18.6. The van der Waals surface area contributed by atoms with Crippen LogP contribution in [-0.2, 0) is 20.6 Å². The number of carbonyl (C=O) groups is 1. The van der Waals surface area contributed by atoms with E-state index in [-0.39, 0.29) is 30.2 Å². The molecule has 140 valence electrons. The van der Waals surface area contributed by atoms with Gasteiger partial charge in [0, 0.05) is 24.2 Å². The number of carbonyl (C=O) groups excluding carboxylic acids is 1. The smallest absolute Gasteiger partial charge is 0.224 e. The molecular formula is C18H27ClN2O3S. The van der Waals surface area contributed by atoms with Crippen LogP contribution in [0.2, 0.25) is 5.02 Å². The predicted octanol–water partition coefficient (Wildman–Crippen LogP) is 3.04. The number of hydrogen-bond donors (Lipinski definition) is 1. The van der Waals surface area contributed by atoms with Crippen molar-refractivity contribution in [2.45, 2.75) is 45.4 Å². The molecule has 0 radical (unpaired) electrons. The molecule has 1 aromatic rings. The Balaban J connectivity index is 2.03. The lowest BCUT2D eigenvalue weighted by molar-refractivity contribution is -0.127. The van der Waals surface area contributed by atoms with Crippen molar-refractivity contribution in [2.24, 2.45) is 11.8 Å². The van der Waals surface area contributed by atoms with E-state index in [1.165, 1.54) is 4.31 Å². The second-order valence-electron chi connectivity index (χ2n) is 7.12. The van der Waals surface area contributed by atoms with E-state index in [0.717, 1.165) is 6.42 Å². The Morgan fingerprint density at radius 3 is 2.72 bits per heavy atom. The molecule has 1 heterocycles. The van der Waals surface area contributed by atoms with Crippen molar-refractivity contribution in [2.75, 3.05) is 13.1 Å². The molecule has 1 fully saturated rings. The number of amides is 1. The zero-order valence-electron chi connectivity index (χ0n) is 15.0. The van der Waals surface area contributed by atoms with Crippen molar-refractivity contribution in [1.82, 2.24) is 9.62 Å². The third kappa shape index (κ3) is 5.69. The number of benzene rings is 1. The second kappa shape index (κ2) is 8.52. The van der Waals surface area contributed by atoms with Crippen LogP contribution in [0.25, 0.3) is 0 Å².